The van der Waals surface area contributed by atoms with Gasteiger partial charge in [0.1, 0.15) is 0 Å². The monoisotopic (exact) mass is 335 g/mol. The summed E-state index contributed by atoms with van der Waals surface area (Å²) in [5, 5.41) is 15.8. The van der Waals surface area contributed by atoms with Gasteiger partial charge in [-0.15, -0.1) is 0 Å². The third-order valence-corrected chi connectivity index (χ3v) is 3.38. The first-order valence-electron chi connectivity index (χ1n) is 6.33. The Morgan fingerprint density at radius 3 is 2.39 bits per heavy atom. The average Bonchev–Trinajstić information content (AvgIpc) is 2.90. The van der Waals surface area contributed by atoms with Crippen molar-refractivity contribution in [1.29, 1.82) is 0 Å². The number of benzene rings is 1. The van der Waals surface area contributed by atoms with Gasteiger partial charge in [-0.2, -0.15) is 19.7 Å². The van der Waals surface area contributed by atoms with Crippen LogP contribution in [-0.2, 0) is 0 Å². The number of rotatable bonds is 4. The van der Waals surface area contributed by atoms with Crippen LogP contribution in [0.15, 0.2) is 24.3 Å². The molecular weight excluding hydrogens is 326 g/mol. The van der Waals surface area contributed by atoms with Crippen molar-refractivity contribution in [2.75, 3.05) is 14.2 Å². The van der Waals surface area contributed by atoms with Crippen molar-refractivity contribution in [2.24, 2.45) is 0 Å². The molecule has 0 unspecified atom stereocenters. The second-order valence-corrected chi connectivity index (χ2v) is 4.77. The minimum Gasteiger partial charge on any atom is -0.481 e. The van der Waals surface area contributed by atoms with Gasteiger partial charge in [0, 0.05) is 17.5 Å². The van der Waals surface area contributed by atoms with Crippen LogP contribution in [-0.4, -0.2) is 38.9 Å². The summed E-state index contributed by atoms with van der Waals surface area (Å²) in [7, 11) is 2.90. The van der Waals surface area contributed by atoms with Gasteiger partial charge in [0.15, 0.2) is 5.15 Å². The van der Waals surface area contributed by atoms with Crippen LogP contribution in [0.4, 0.5) is 5.69 Å². The summed E-state index contributed by atoms with van der Waals surface area (Å²) in [4.78, 5) is 18.8. The van der Waals surface area contributed by atoms with E-state index in [1.54, 1.807) is 0 Å². The zero-order valence-corrected chi connectivity index (χ0v) is 12.8. The molecule has 1 aromatic carbocycles. The predicted molar refractivity (Wildman–Crippen MR) is 81.4 cm³/mol. The largest absolute Gasteiger partial charge is 0.481 e. The maximum Gasteiger partial charge on any atom is 0.271 e. The molecule has 0 saturated heterocycles. The molecule has 0 aliphatic carbocycles. The van der Waals surface area contributed by atoms with Crippen molar-refractivity contribution in [2.45, 2.75) is 0 Å². The molecule has 2 aromatic heterocycles. The van der Waals surface area contributed by atoms with E-state index in [9.17, 15) is 10.1 Å². The highest BCUT2D eigenvalue weighted by Gasteiger charge is 2.17. The number of nitro benzene ring substituents is 1. The van der Waals surface area contributed by atoms with Crippen LogP contribution < -0.4 is 9.47 Å². The van der Waals surface area contributed by atoms with E-state index in [4.69, 9.17) is 21.1 Å². The summed E-state index contributed by atoms with van der Waals surface area (Å²) in [5.74, 6) is 0.646. The molecule has 0 N–H and O–H groups in total. The number of hydrogen-bond acceptors (Lipinski definition) is 7. The zero-order valence-electron chi connectivity index (χ0n) is 12.1. The lowest BCUT2D eigenvalue weighted by molar-refractivity contribution is -0.384. The van der Waals surface area contributed by atoms with Gasteiger partial charge in [-0.1, -0.05) is 11.6 Å². The van der Waals surface area contributed by atoms with Crippen LogP contribution >= 0.6 is 11.6 Å². The predicted octanol–water partition coefficient (Wildman–Crippen LogP) is 2.39. The third-order valence-electron chi connectivity index (χ3n) is 3.11. The Labute approximate surface area is 134 Å². The van der Waals surface area contributed by atoms with E-state index in [0.717, 1.165) is 0 Å². The Morgan fingerprint density at radius 2 is 1.83 bits per heavy atom. The lowest BCUT2D eigenvalue weighted by Gasteiger charge is -2.06. The Balaban J connectivity index is 2.27. The van der Waals surface area contributed by atoms with Crippen molar-refractivity contribution < 1.29 is 14.4 Å². The first kappa shape index (κ1) is 15.0. The summed E-state index contributed by atoms with van der Waals surface area (Å²) in [6.45, 7) is 0. The third kappa shape index (κ3) is 2.61. The van der Waals surface area contributed by atoms with Gasteiger partial charge in [-0.3, -0.25) is 10.1 Å². The van der Waals surface area contributed by atoms with Crippen LogP contribution in [0.25, 0.3) is 16.9 Å². The molecule has 0 bridgehead atoms. The number of hydrogen-bond donors (Lipinski definition) is 0. The molecule has 0 atom stereocenters. The van der Waals surface area contributed by atoms with Crippen LogP contribution in [0.5, 0.6) is 11.8 Å². The summed E-state index contributed by atoms with van der Waals surface area (Å²) >= 11 is 6.09. The number of non-ortho nitro benzene ring substituents is 1. The fraction of sp³-hybridized carbons (Fsp3) is 0.154. The highest BCUT2D eigenvalue weighted by atomic mass is 35.5. The maximum absolute atomic E-state index is 11.0. The Bertz CT molecular complexity index is 889. The molecule has 9 nitrogen and oxygen atoms in total. The average molecular weight is 336 g/mol. The van der Waals surface area contributed by atoms with Gasteiger partial charge in [-0.25, -0.2) is 0 Å². The molecule has 0 saturated carbocycles. The minimum absolute atomic E-state index is 0.0924. The van der Waals surface area contributed by atoms with Gasteiger partial charge in [0.25, 0.3) is 11.6 Å². The highest BCUT2D eigenvalue weighted by Crippen LogP contribution is 2.29. The summed E-state index contributed by atoms with van der Waals surface area (Å²) < 4.78 is 11.5. The lowest BCUT2D eigenvalue weighted by Crippen LogP contribution is -2.05. The second kappa shape index (κ2) is 5.69. The van der Waals surface area contributed by atoms with E-state index in [2.05, 4.69) is 15.1 Å². The zero-order chi connectivity index (χ0) is 16.6. The van der Waals surface area contributed by atoms with Crippen molar-refractivity contribution in [3.63, 3.8) is 0 Å². The summed E-state index contributed by atoms with van der Waals surface area (Å²) in [6.07, 6.45) is 0. The molecule has 0 radical (unpaired) electrons. The topological polar surface area (TPSA) is 105 Å². The quantitative estimate of drug-likeness (QED) is 0.532. The Morgan fingerprint density at radius 1 is 1.17 bits per heavy atom. The van der Waals surface area contributed by atoms with Crippen LogP contribution in [0.1, 0.15) is 0 Å². The van der Waals surface area contributed by atoms with E-state index in [1.807, 2.05) is 0 Å². The van der Waals surface area contributed by atoms with Crippen molar-refractivity contribution in [3.05, 3.63) is 39.5 Å². The number of nitrogens with zero attached hydrogens (tertiary/aromatic N) is 5. The fourth-order valence-corrected chi connectivity index (χ4v) is 2.26. The maximum atomic E-state index is 11.0. The van der Waals surface area contributed by atoms with Crippen molar-refractivity contribution in [1.82, 2.24) is 19.7 Å². The minimum atomic E-state index is -0.502. The molecule has 118 valence electrons. The smallest absolute Gasteiger partial charge is 0.271 e. The van der Waals surface area contributed by atoms with Crippen molar-refractivity contribution in [3.8, 4) is 17.7 Å². The van der Waals surface area contributed by atoms with E-state index in [1.165, 1.54) is 43.2 Å². The van der Waals surface area contributed by atoms with Gasteiger partial charge >= 0.3 is 0 Å². The molecule has 23 heavy (non-hydrogen) atoms. The number of aromatic nitrogens is 4. The summed E-state index contributed by atoms with van der Waals surface area (Å²) in [6, 6.07) is 5.73. The molecule has 10 heteroatoms. The van der Waals surface area contributed by atoms with E-state index >= 15 is 0 Å². The molecule has 0 fully saturated rings. The van der Waals surface area contributed by atoms with E-state index in [0.29, 0.717) is 10.9 Å². The molecular formula is C13H10ClN5O4. The number of methoxy groups -OCH3 is 2. The molecule has 2 heterocycles. The van der Waals surface area contributed by atoms with Crippen LogP contribution in [0.2, 0.25) is 5.15 Å². The molecule has 3 aromatic rings. The van der Waals surface area contributed by atoms with Crippen molar-refractivity contribution >= 4 is 28.2 Å². The van der Waals surface area contributed by atoms with Crippen LogP contribution in [0, 0.1) is 10.1 Å². The first-order valence-corrected chi connectivity index (χ1v) is 6.71. The van der Waals surface area contributed by atoms with Crippen LogP contribution in [0.3, 0.4) is 0 Å². The second-order valence-electron chi connectivity index (χ2n) is 4.41. The van der Waals surface area contributed by atoms with E-state index in [-0.39, 0.29) is 28.5 Å². The molecule has 0 amide bonds. The van der Waals surface area contributed by atoms with Gasteiger partial charge in [0.2, 0.25) is 11.8 Å². The fourth-order valence-electron chi connectivity index (χ4n) is 2.03. The SMILES string of the molecule is COc1cc(OC)nc(-n2nc(Cl)c3ccc([N+](=O)[O-])cc32)n1. The molecule has 3 rings (SSSR count). The number of nitro groups is 1. The standard InChI is InChI=1S/C13H10ClN5O4/c1-22-10-6-11(23-2)16-13(15-10)18-9-5-7(19(20)21)3-4-8(9)12(14)17-18/h3-6H,1-2H3. The molecule has 0 spiro atoms. The summed E-state index contributed by atoms with van der Waals surface area (Å²) in [5.41, 5.74) is 0.310. The molecule has 0 aliphatic heterocycles. The number of ether oxygens (including phenoxy) is 2. The number of halogens is 1. The Kier molecular flexibility index (Phi) is 3.70. The normalized spacial score (nSPS) is 10.7. The van der Waals surface area contributed by atoms with Gasteiger partial charge in [0.05, 0.1) is 30.7 Å². The Hall–Kier alpha value is -2.94. The van der Waals surface area contributed by atoms with E-state index < -0.39 is 4.92 Å². The molecule has 0 aliphatic rings. The lowest BCUT2D eigenvalue weighted by atomic mass is 10.2. The first-order chi connectivity index (χ1) is 11.0. The van der Waals surface area contributed by atoms with Gasteiger partial charge < -0.3 is 9.47 Å². The number of fused-ring (bicyclic) bond motifs is 1. The highest BCUT2D eigenvalue weighted by molar-refractivity contribution is 6.34. The van der Waals surface area contributed by atoms with Gasteiger partial charge in [-0.05, 0) is 6.07 Å².